The first kappa shape index (κ1) is 19.7. The van der Waals surface area contributed by atoms with Gasteiger partial charge in [-0.25, -0.2) is 0 Å². The Balaban J connectivity index is 1.42. The van der Waals surface area contributed by atoms with Crippen molar-refractivity contribution in [2.24, 2.45) is 0 Å². The topological polar surface area (TPSA) is 76.7 Å². The number of benzene rings is 2. The molecule has 6 nitrogen and oxygen atoms in total. The molecule has 0 unspecified atom stereocenters. The highest BCUT2D eigenvalue weighted by molar-refractivity contribution is 5.96. The largest absolute Gasteiger partial charge is 0.486 e. The van der Waals surface area contributed by atoms with Gasteiger partial charge < -0.3 is 20.1 Å². The van der Waals surface area contributed by atoms with Crippen LogP contribution in [0.15, 0.2) is 48.5 Å². The van der Waals surface area contributed by atoms with Gasteiger partial charge in [0, 0.05) is 5.56 Å². The molecular weight excluding hydrogens is 356 g/mol. The summed E-state index contributed by atoms with van der Waals surface area (Å²) in [7, 11) is 0. The van der Waals surface area contributed by atoms with Gasteiger partial charge in [0.25, 0.3) is 5.91 Å². The fourth-order valence-electron chi connectivity index (χ4n) is 2.84. The Morgan fingerprint density at radius 3 is 2.36 bits per heavy atom. The summed E-state index contributed by atoms with van der Waals surface area (Å²) < 4.78 is 11.4. The minimum atomic E-state index is -0.276. The molecule has 0 aromatic heterocycles. The molecule has 3 rings (SSSR count). The predicted octanol–water partition coefficient (Wildman–Crippen LogP) is 2.67. The molecule has 0 aliphatic carbocycles. The third-order valence-electron chi connectivity index (χ3n) is 4.52. The molecule has 2 amide bonds. The normalized spacial score (nSPS) is 15.6. The highest BCUT2D eigenvalue weighted by Crippen LogP contribution is 2.30. The zero-order valence-electron chi connectivity index (χ0n) is 16.5. The standard InChI is InChI=1S/C22H26N2O4/c1-22(2,3)16-10-8-15(9-11-16)21(26)24-13-20(25)23-12-17-14-27-18-6-4-5-7-19(18)28-17/h4-11,17H,12-14H2,1-3H3,(H,23,25)(H,24,26)/t17-/m0/s1. The molecule has 0 saturated carbocycles. The van der Waals surface area contributed by atoms with E-state index < -0.39 is 0 Å². The molecule has 0 bridgehead atoms. The van der Waals surface area contributed by atoms with Gasteiger partial charge in [0.1, 0.15) is 12.7 Å². The third kappa shape index (κ3) is 5.03. The second kappa shape index (κ2) is 8.33. The van der Waals surface area contributed by atoms with E-state index in [-0.39, 0.29) is 29.9 Å². The summed E-state index contributed by atoms with van der Waals surface area (Å²) in [5.41, 5.74) is 1.71. The van der Waals surface area contributed by atoms with Crippen molar-refractivity contribution < 1.29 is 19.1 Å². The van der Waals surface area contributed by atoms with Gasteiger partial charge in [0.05, 0.1) is 13.1 Å². The number of hydrogen-bond donors (Lipinski definition) is 2. The van der Waals surface area contributed by atoms with Gasteiger partial charge in [-0.1, -0.05) is 45.0 Å². The summed E-state index contributed by atoms with van der Waals surface area (Å²) in [6, 6.07) is 14.8. The van der Waals surface area contributed by atoms with E-state index in [0.29, 0.717) is 30.2 Å². The quantitative estimate of drug-likeness (QED) is 0.834. The number of nitrogens with one attached hydrogen (secondary N) is 2. The van der Waals surface area contributed by atoms with Gasteiger partial charge in [0.15, 0.2) is 11.5 Å². The molecule has 2 N–H and O–H groups in total. The van der Waals surface area contributed by atoms with Crippen LogP contribution >= 0.6 is 0 Å². The van der Waals surface area contributed by atoms with Crippen LogP contribution in [-0.4, -0.2) is 37.6 Å². The van der Waals surface area contributed by atoms with Crippen molar-refractivity contribution in [2.75, 3.05) is 19.7 Å². The molecule has 1 aliphatic rings. The minimum Gasteiger partial charge on any atom is -0.486 e. The van der Waals surface area contributed by atoms with Crippen LogP contribution in [0, 0.1) is 0 Å². The van der Waals surface area contributed by atoms with Crippen molar-refractivity contribution in [2.45, 2.75) is 32.3 Å². The van der Waals surface area contributed by atoms with E-state index >= 15 is 0 Å². The molecule has 1 aliphatic heterocycles. The van der Waals surface area contributed by atoms with Crippen LogP contribution in [-0.2, 0) is 10.2 Å². The van der Waals surface area contributed by atoms with E-state index in [2.05, 4.69) is 31.4 Å². The van der Waals surface area contributed by atoms with Crippen LogP contribution < -0.4 is 20.1 Å². The molecular formula is C22H26N2O4. The molecule has 2 aromatic carbocycles. The minimum absolute atomic E-state index is 0.0281. The molecule has 0 radical (unpaired) electrons. The summed E-state index contributed by atoms with van der Waals surface area (Å²) in [6.45, 7) is 6.93. The zero-order chi connectivity index (χ0) is 20.1. The lowest BCUT2D eigenvalue weighted by Crippen LogP contribution is -2.44. The van der Waals surface area contributed by atoms with Gasteiger partial charge >= 0.3 is 0 Å². The second-order valence-electron chi connectivity index (χ2n) is 7.81. The maximum absolute atomic E-state index is 12.2. The van der Waals surface area contributed by atoms with Crippen molar-refractivity contribution in [3.05, 3.63) is 59.7 Å². The summed E-state index contributed by atoms with van der Waals surface area (Å²) >= 11 is 0. The van der Waals surface area contributed by atoms with E-state index in [4.69, 9.17) is 9.47 Å². The lowest BCUT2D eigenvalue weighted by Gasteiger charge is -2.26. The van der Waals surface area contributed by atoms with E-state index in [1.807, 2.05) is 36.4 Å². The first-order valence-corrected chi connectivity index (χ1v) is 9.37. The van der Waals surface area contributed by atoms with Crippen LogP contribution in [0.2, 0.25) is 0 Å². The van der Waals surface area contributed by atoms with Gasteiger partial charge in [-0.05, 0) is 35.2 Å². The molecule has 6 heteroatoms. The lowest BCUT2D eigenvalue weighted by molar-refractivity contribution is -0.120. The Kier molecular flexibility index (Phi) is 5.87. The summed E-state index contributed by atoms with van der Waals surface area (Å²) in [5, 5.41) is 5.40. The maximum Gasteiger partial charge on any atom is 0.251 e. The van der Waals surface area contributed by atoms with Crippen LogP contribution in [0.5, 0.6) is 11.5 Å². The van der Waals surface area contributed by atoms with E-state index in [1.54, 1.807) is 12.1 Å². The molecule has 2 aromatic rings. The molecule has 1 heterocycles. The van der Waals surface area contributed by atoms with Crippen molar-refractivity contribution in [3.8, 4) is 11.5 Å². The summed E-state index contributed by atoms with van der Waals surface area (Å²) in [5.74, 6) is 0.818. The molecule has 1 atom stereocenters. The lowest BCUT2D eigenvalue weighted by atomic mass is 9.87. The molecule has 0 fully saturated rings. The fraction of sp³-hybridized carbons (Fsp3) is 0.364. The molecule has 148 valence electrons. The van der Waals surface area contributed by atoms with Crippen LogP contribution in [0.25, 0.3) is 0 Å². The second-order valence-corrected chi connectivity index (χ2v) is 7.81. The van der Waals surface area contributed by atoms with Crippen LogP contribution in [0.4, 0.5) is 0 Å². The number of amides is 2. The Hall–Kier alpha value is -3.02. The smallest absolute Gasteiger partial charge is 0.251 e. The number of para-hydroxylation sites is 2. The number of rotatable bonds is 5. The van der Waals surface area contributed by atoms with Gasteiger partial charge in [-0.3, -0.25) is 9.59 Å². The number of carbonyl (C=O) groups excluding carboxylic acids is 2. The average molecular weight is 382 g/mol. The molecule has 0 saturated heterocycles. The Morgan fingerprint density at radius 2 is 1.68 bits per heavy atom. The fourth-order valence-corrected chi connectivity index (χ4v) is 2.84. The van der Waals surface area contributed by atoms with Crippen molar-refractivity contribution in [3.63, 3.8) is 0 Å². The maximum atomic E-state index is 12.2. The summed E-state index contributed by atoms with van der Waals surface area (Å²) in [6.07, 6.45) is -0.264. The number of ether oxygens (including phenoxy) is 2. The monoisotopic (exact) mass is 382 g/mol. The first-order chi connectivity index (χ1) is 13.3. The van der Waals surface area contributed by atoms with Crippen LogP contribution in [0.3, 0.4) is 0 Å². The summed E-state index contributed by atoms with van der Waals surface area (Å²) in [4.78, 5) is 24.2. The number of fused-ring (bicyclic) bond motifs is 1. The van der Waals surface area contributed by atoms with Crippen molar-refractivity contribution in [1.29, 1.82) is 0 Å². The van der Waals surface area contributed by atoms with E-state index in [9.17, 15) is 9.59 Å². The highest BCUT2D eigenvalue weighted by Gasteiger charge is 2.21. The number of carbonyl (C=O) groups is 2. The zero-order valence-corrected chi connectivity index (χ0v) is 16.5. The SMILES string of the molecule is CC(C)(C)c1ccc(C(=O)NCC(=O)NC[C@H]2COc3ccccc3O2)cc1. The Bertz CT molecular complexity index is 840. The predicted molar refractivity (Wildman–Crippen MR) is 107 cm³/mol. The third-order valence-corrected chi connectivity index (χ3v) is 4.52. The number of hydrogen-bond acceptors (Lipinski definition) is 4. The van der Waals surface area contributed by atoms with Crippen molar-refractivity contribution >= 4 is 11.8 Å². The highest BCUT2D eigenvalue weighted by atomic mass is 16.6. The molecule has 0 spiro atoms. The average Bonchev–Trinajstić information content (AvgIpc) is 2.69. The van der Waals surface area contributed by atoms with E-state index in [0.717, 1.165) is 5.56 Å². The van der Waals surface area contributed by atoms with E-state index in [1.165, 1.54) is 0 Å². The van der Waals surface area contributed by atoms with Crippen molar-refractivity contribution in [1.82, 2.24) is 10.6 Å². The first-order valence-electron chi connectivity index (χ1n) is 9.37. The Morgan fingerprint density at radius 1 is 1.00 bits per heavy atom. The van der Waals surface area contributed by atoms with Gasteiger partial charge in [-0.2, -0.15) is 0 Å². The molecule has 28 heavy (non-hydrogen) atoms. The van der Waals surface area contributed by atoms with Gasteiger partial charge in [-0.15, -0.1) is 0 Å². The Labute approximate surface area is 165 Å². The van der Waals surface area contributed by atoms with Crippen LogP contribution in [0.1, 0.15) is 36.7 Å². The van der Waals surface area contributed by atoms with Gasteiger partial charge in [0.2, 0.25) is 5.91 Å².